The first-order valence-corrected chi connectivity index (χ1v) is 9.34. The summed E-state index contributed by atoms with van der Waals surface area (Å²) in [6, 6.07) is 27.3. The summed E-state index contributed by atoms with van der Waals surface area (Å²) in [7, 11) is 3.39. The fraction of sp³-hybridized carbons (Fsp3) is 0.200. The highest BCUT2D eigenvalue weighted by atomic mass is 16.5. The highest BCUT2D eigenvalue weighted by Gasteiger charge is 2.14. The zero-order valence-electron chi connectivity index (χ0n) is 16.2. The molecule has 0 radical (unpaired) electrons. The van der Waals surface area contributed by atoms with E-state index in [-0.39, 0.29) is 0 Å². The third-order valence-electron chi connectivity index (χ3n) is 4.68. The van der Waals surface area contributed by atoms with E-state index in [4.69, 9.17) is 9.47 Å². The monoisotopic (exact) mass is 358 g/mol. The van der Waals surface area contributed by atoms with Crippen LogP contribution in [0.15, 0.2) is 78.9 Å². The Morgan fingerprint density at radius 1 is 0.630 bits per heavy atom. The van der Waals surface area contributed by atoms with Gasteiger partial charge in [0.2, 0.25) is 0 Å². The van der Waals surface area contributed by atoms with Crippen LogP contribution in [0.25, 0.3) is 11.1 Å². The quantitative estimate of drug-likeness (QED) is 0.451. The lowest BCUT2D eigenvalue weighted by atomic mass is 9.87. The SMILES string of the molecule is CCCC(=C(c1ccc(OC)cc1)c1ccc(OC)cc1)c1ccccc1. The Balaban J connectivity index is 2.22. The molecular formula is C25H26O2. The van der Waals surface area contributed by atoms with E-state index in [0.29, 0.717) is 0 Å². The molecule has 0 atom stereocenters. The van der Waals surface area contributed by atoms with Gasteiger partial charge >= 0.3 is 0 Å². The molecule has 0 aromatic heterocycles. The first-order chi connectivity index (χ1) is 13.3. The molecule has 138 valence electrons. The Hall–Kier alpha value is -3.00. The molecule has 0 saturated carbocycles. The van der Waals surface area contributed by atoms with Crippen molar-refractivity contribution in [1.82, 2.24) is 0 Å². The molecule has 0 N–H and O–H groups in total. The lowest BCUT2D eigenvalue weighted by molar-refractivity contribution is 0.414. The molecule has 0 bridgehead atoms. The van der Waals surface area contributed by atoms with Gasteiger partial charge in [-0.2, -0.15) is 0 Å². The largest absolute Gasteiger partial charge is 0.497 e. The second-order valence-corrected chi connectivity index (χ2v) is 6.43. The first-order valence-electron chi connectivity index (χ1n) is 9.34. The molecule has 2 heteroatoms. The summed E-state index contributed by atoms with van der Waals surface area (Å²) in [4.78, 5) is 0. The maximum absolute atomic E-state index is 5.34. The van der Waals surface area contributed by atoms with Crippen molar-refractivity contribution in [3.05, 3.63) is 95.6 Å². The zero-order chi connectivity index (χ0) is 19.1. The van der Waals surface area contributed by atoms with Gasteiger partial charge in [0.1, 0.15) is 11.5 Å². The Labute approximate surface area is 162 Å². The summed E-state index contributed by atoms with van der Waals surface area (Å²) in [6.07, 6.45) is 2.09. The summed E-state index contributed by atoms with van der Waals surface area (Å²) in [6.45, 7) is 2.22. The van der Waals surface area contributed by atoms with Crippen molar-refractivity contribution in [2.45, 2.75) is 19.8 Å². The third kappa shape index (κ3) is 4.40. The molecule has 0 spiro atoms. The minimum atomic E-state index is 0.865. The minimum absolute atomic E-state index is 0.865. The van der Waals surface area contributed by atoms with Crippen LogP contribution in [-0.4, -0.2) is 14.2 Å². The van der Waals surface area contributed by atoms with Crippen LogP contribution < -0.4 is 9.47 Å². The van der Waals surface area contributed by atoms with Gasteiger partial charge in [-0.3, -0.25) is 0 Å². The molecule has 0 amide bonds. The van der Waals surface area contributed by atoms with E-state index in [9.17, 15) is 0 Å². The summed E-state index contributed by atoms with van der Waals surface area (Å²) < 4.78 is 10.7. The van der Waals surface area contributed by atoms with Gasteiger partial charge in [-0.05, 0) is 58.5 Å². The van der Waals surface area contributed by atoms with E-state index in [2.05, 4.69) is 61.5 Å². The molecule has 0 unspecified atom stereocenters. The van der Waals surface area contributed by atoms with E-state index < -0.39 is 0 Å². The fourth-order valence-electron chi connectivity index (χ4n) is 3.33. The average Bonchev–Trinajstić information content (AvgIpc) is 2.75. The van der Waals surface area contributed by atoms with Gasteiger partial charge < -0.3 is 9.47 Å². The van der Waals surface area contributed by atoms with Crippen LogP contribution >= 0.6 is 0 Å². The van der Waals surface area contributed by atoms with Crippen molar-refractivity contribution in [2.24, 2.45) is 0 Å². The Morgan fingerprint density at radius 2 is 1.11 bits per heavy atom. The van der Waals surface area contributed by atoms with Gasteiger partial charge in [-0.1, -0.05) is 67.9 Å². The molecule has 0 fully saturated rings. The molecule has 3 rings (SSSR count). The summed E-state index contributed by atoms with van der Waals surface area (Å²) in [5.74, 6) is 1.73. The van der Waals surface area contributed by atoms with Crippen molar-refractivity contribution in [3.63, 3.8) is 0 Å². The molecule has 0 aliphatic carbocycles. The van der Waals surface area contributed by atoms with E-state index >= 15 is 0 Å². The number of hydrogen-bond acceptors (Lipinski definition) is 2. The normalized spacial score (nSPS) is 10.3. The predicted octanol–water partition coefficient (Wildman–Crippen LogP) is 6.46. The Kier molecular flexibility index (Phi) is 6.32. The van der Waals surface area contributed by atoms with Crippen LogP contribution in [0, 0.1) is 0 Å². The van der Waals surface area contributed by atoms with E-state index in [1.807, 2.05) is 24.3 Å². The van der Waals surface area contributed by atoms with Gasteiger partial charge in [-0.25, -0.2) is 0 Å². The van der Waals surface area contributed by atoms with Crippen LogP contribution in [0.2, 0.25) is 0 Å². The van der Waals surface area contributed by atoms with Gasteiger partial charge in [0.25, 0.3) is 0 Å². The topological polar surface area (TPSA) is 18.5 Å². The number of hydrogen-bond donors (Lipinski definition) is 0. The van der Waals surface area contributed by atoms with Crippen molar-refractivity contribution < 1.29 is 9.47 Å². The standard InChI is InChI=1S/C25H26O2/c1-4-8-24(19-9-6-5-7-10-19)25(20-11-15-22(26-2)16-12-20)21-13-17-23(27-3)18-14-21/h5-7,9-18H,4,8H2,1-3H3. The molecule has 0 saturated heterocycles. The number of benzene rings is 3. The maximum atomic E-state index is 5.34. The highest BCUT2D eigenvalue weighted by Crippen LogP contribution is 2.36. The van der Waals surface area contributed by atoms with Crippen molar-refractivity contribution in [1.29, 1.82) is 0 Å². The van der Waals surface area contributed by atoms with E-state index in [1.54, 1.807) is 14.2 Å². The highest BCUT2D eigenvalue weighted by molar-refractivity contribution is 5.98. The van der Waals surface area contributed by atoms with Crippen LogP contribution in [-0.2, 0) is 0 Å². The van der Waals surface area contributed by atoms with E-state index in [1.165, 1.54) is 27.8 Å². The molecule has 0 aliphatic rings. The van der Waals surface area contributed by atoms with Gasteiger partial charge in [0, 0.05) is 0 Å². The van der Waals surface area contributed by atoms with Crippen molar-refractivity contribution in [3.8, 4) is 11.5 Å². The molecule has 0 aliphatic heterocycles. The van der Waals surface area contributed by atoms with Crippen LogP contribution in [0.1, 0.15) is 36.5 Å². The average molecular weight is 358 g/mol. The smallest absolute Gasteiger partial charge is 0.118 e. The molecule has 27 heavy (non-hydrogen) atoms. The van der Waals surface area contributed by atoms with Crippen LogP contribution in [0.5, 0.6) is 11.5 Å². The Bertz CT molecular complexity index is 826. The van der Waals surface area contributed by atoms with E-state index in [0.717, 1.165) is 24.3 Å². The fourth-order valence-corrected chi connectivity index (χ4v) is 3.33. The lowest BCUT2D eigenvalue weighted by Crippen LogP contribution is -1.96. The summed E-state index contributed by atoms with van der Waals surface area (Å²) in [5, 5.41) is 0. The second kappa shape index (κ2) is 9.09. The second-order valence-electron chi connectivity index (χ2n) is 6.43. The summed E-state index contributed by atoms with van der Waals surface area (Å²) in [5.41, 5.74) is 6.25. The van der Waals surface area contributed by atoms with Gasteiger partial charge in [-0.15, -0.1) is 0 Å². The maximum Gasteiger partial charge on any atom is 0.118 e. The predicted molar refractivity (Wildman–Crippen MR) is 113 cm³/mol. The number of ether oxygens (including phenoxy) is 2. The molecule has 3 aromatic rings. The number of rotatable bonds is 7. The third-order valence-corrected chi connectivity index (χ3v) is 4.68. The number of allylic oxidation sites excluding steroid dienone is 1. The number of methoxy groups -OCH3 is 2. The van der Waals surface area contributed by atoms with Crippen molar-refractivity contribution in [2.75, 3.05) is 14.2 Å². The molecule has 2 nitrogen and oxygen atoms in total. The summed E-state index contributed by atoms with van der Waals surface area (Å²) >= 11 is 0. The van der Waals surface area contributed by atoms with Crippen LogP contribution in [0.3, 0.4) is 0 Å². The Morgan fingerprint density at radius 3 is 1.52 bits per heavy atom. The minimum Gasteiger partial charge on any atom is -0.497 e. The lowest BCUT2D eigenvalue weighted by Gasteiger charge is -2.17. The van der Waals surface area contributed by atoms with Gasteiger partial charge in [0.15, 0.2) is 0 Å². The van der Waals surface area contributed by atoms with Gasteiger partial charge in [0.05, 0.1) is 14.2 Å². The molecule has 3 aromatic carbocycles. The first kappa shape index (κ1) is 18.8. The zero-order valence-corrected chi connectivity index (χ0v) is 16.2. The van der Waals surface area contributed by atoms with Crippen LogP contribution in [0.4, 0.5) is 0 Å². The molecule has 0 heterocycles. The molecular weight excluding hydrogens is 332 g/mol. The van der Waals surface area contributed by atoms with Crippen molar-refractivity contribution >= 4 is 11.1 Å².